The maximum atomic E-state index is 10.4. The number of phenols is 1. The molecular weight excluding hydrogens is 223 g/mol. The average molecular weight is 247 g/mol. The highest BCUT2D eigenvalue weighted by Crippen LogP contribution is 2.39. The first-order valence-electron chi connectivity index (χ1n) is 5.88. The lowest BCUT2D eigenvalue weighted by atomic mass is 9.78. The van der Waals surface area contributed by atoms with Gasteiger partial charge in [0.2, 0.25) is 0 Å². The van der Waals surface area contributed by atoms with Gasteiger partial charge in [0.15, 0.2) is 0 Å². The molecule has 0 aliphatic heterocycles. The van der Waals surface area contributed by atoms with E-state index in [0.29, 0.717) is 5.75 Å². The number of aryl methyl sites for hydroxylation is 1. The Bertz CT molecular complexity index is 359. The smallest absolute Gasteiger partial charge is 0.123 e. The summed E-state index contributed by atoms with van der Waals surface area (Å²) < 4.78 is 0. The van der Waals surface area contributed by atoms with Crippen LogP contribution in [-0.2, 0) is 10.8 Å². The van der Waals surface area contributed by atoms with Crippen molar-refractivity contribution in [3.8, 4) is 5.75 Å². The summed E-state index contributed by atoms with van der Waals surface area (Å²) in [6.07, 6.45) is 0. The second-order valence-electron chi connectivity index (χ2n) is 6.71. The third-order valence-electron chi connectivity index (χ3n) is 2.87. The predicted octanol–water partition coefficient (Wildman–Crippen LogP) is 3.91. The van der Waals surface area contributed by atoms with Gasteiger partial charge in [0.05, 0.1) is 0 Å². The lowest BCUT2D eigenvalue weighted by Gasteiger charge is -2.27. The molecule has 0 atom stereocenters. The van der Waals surface area contributed by atoms with Crippen LogP contribution in [0.1, 0.15) is 58.2 Å². The van der Waals surface area contributed by atoms with Gasteiger partial charge in [-0.2, -0.15) is 0 Å². The van der Waals surface area contributed by atoms with Crippen molar-refractivity contribution in [2.24, 2.45) is 0 Å². The number of rotatable bonds is 0. The van der Waals surface area contributed by atoms with Gasteiger partial charge in [0, 0.05) is 17.4 Å². The standard InChI is InChI=1S/C15H24O.Al/c1-10-8-11(14(2,3)4)13(16)12(9-10)15(5,6)7;/h8-9,16H,1-7H3;. The zero-order valence-electron chi connectivity index (χ0n) is 12.2. The molecule has 0 amide bonds. The van der Waals surface area contributed by atoms with Crippen LogP contribution in [0.4, 0.5) is 0 Å². The van der Waals surface area contributed by atoms with Crippen LogP contribution in [-0.4, -0.2) is 22.5 Å². The topological polar surface area (TPSA) is 20.2 Å². The largest absolute Gasteiger partial charge is 0.507 e. The molecular formula is C15H24AlO. The second kappa shape index (κ2) is 5.04. The summed E-state index contributed by atoms with van der Waals surface area (Å²) in [5.74, 6) is 0.464. The minimum atomic E-state index is -0.0178. The Morgan fingerprint density at radius 2 is 1.12 bits per heavy atom. The molecule has 0 saturated carbocycles. The number of phenolic OH excluding ortho intramolecular Hbond substituents is 1. The van der Waals surface area contributed by atoms with Crippen LogP contribution in [0.2, 0.25) is 0 Å². The molecule has 0 fully saturated rings. The van der Waals surface area contributed by atoms with Gasteiger partial charge in [0.25, 0.3) is 0 Å². The normalized spacial score (nSPS) is 12.2. The molecule has 1 rings (SSSR count). The van der Waals surface area contributed by atoms with Gasteiger partial charge in [-0.3, -0.25) is 0 Å². The van der Waals surface area contributed by atoms with Gasteiger partial charge in [-0.05, 0) is 28.9 Å². The van der Waals surface area contributed by atoms with Crippen LogP contribution in [0, 0.1) is 6.92 Å². The van der Waals surface area contributed by atoms with E-state index < -0.39 is 0 Å². The number of hydrogen-bond acceptors (Lipinski definition) is 1. The first-order valence-corrected chi connectivity index (χ1v) is 5.88. The first kappa shape index (κ1) is 16.6. The summed E-state index contributed by atoms with van der Waals surface area (Å²) in [6.45, 7) is 14.9. The fourth-order valence-electron chi connectivity index (χ4n) is 1.92. The Morgan fingerprint density at radius 1 is 0.824 bits per heavy atom. The molecule has 0 bridgehead atoms. The lowest BCUT2D eigenvalue weighted by Crippen LogP contribution is -2.17. The summed E-state index contributed by atoms with van der Waals surface area (Å²) in [5.41, 5.74) is 3.26. The number of benzene rings is 1. The van der Waals surface area contributed by atoms with Crippen LogP contribution in [0.25, 0.3) is 0 Å². The zero-order chi connectivity index (χ0) is 12.7. The van der Waals surface area contributed by atoms with Crippen LogP contribution in [0.5, 0.6) is 5.75 Å². The van der Waals surface area contributed by atoms with Crippen molar-refractivity contribution < 1.29 is 5.11 Å². The van der Waals surface area contributed by atoms with Crippen LogP contribution in [0.15, 0.2) is 12.1 Å². The highest BCUT2D eigenvalue weighted by molar-refractivity contribution is 5.75. The fourth-order valence-corrected chi connectivity index (χ4v) is 1.92. The van der Waals surface area contributed by atoms with E-state index in [1.165, 1.54) is 5.56 Å². The van der Waals surface area contributed by atoms with Crippen LogP contribution < -0.4 is 0 Å². The Labute approximate surface area is 116 Å². The molecule has 2 heteroatoms. The predicted molar refractivity (Wildman–Crippen MR) is 76.0 cm³/mol. The first-order chi connectivity index (χ1) is 7.03. The lowest BCUT2D eigenvalue weighted by molar-refractivity contribution is 0.423. The van der Waals surface area contributed by atoms with Crippen molar-refractivity contribution in [3.05, 3.63) is 28.8 Å². The van der Waals surface area contributed by atoms with E-state index in [4.69, 9.17) is 0 Å². The van der Waals surface area contributed by atoms with E-state index in [2.05, 4.69) is 60.6 Å². The molecule has 0 saturated heterocycles. The highest BCUT2D eigenvalue weighted by Gasteiger charge is 2.25. The van der Waals surface area contributed by atoms with Gasteiger partial charge in [-0.25, -0.2) is 0 Å². The quantitative estimate of drug-likeness (QED) is 0.689. The average Bonchev–Trinajstić information content (AvgIpc) is 2.04. The molecule has 93 valence electrons. The minimum absolute atomic E-state index is 0. The maximum Gasteiger partial charge on any atom is 0.123 e. The Balaban J connectivity index is 0.00000256. The van der Waals surface area contributed by atoms with Gasteiger partial charge < -0.3 is 5.11 Å². The van der Waals surface area contributed by atoms with E-state index in [9.17, 15) is 5.11 Å². The minimum Gasteiger partial charge on any atom is -0.507 e. The molecule has 0 aromatic heterocycles. The molecule has 0 aliphatic carbocycles. The molecule has 1 aromatic carbocycles. The summed E-state index contributed by atoms with van der Waals surface area (Å²) in [7, 11) is 0. The summed E-state index contributed by atoms with van der Waals surface area (Å²) in [4.78, 5) is 0. The van der Waals surface area contributed by atoms with Gasteiger partial charge in [0.1, 0.15) is 5.75 Å². The van der Waals surface area contributed by atoms with Crippen molar-refractivity contribution in [2.45, 2.75) is 59.3 Å². The zero-order valence-corrected chi connectivity index (χ0v) is 13.3. The van der Waals surface area contributed by atoms with Crippen molar-refractivity contribution in [1.82, 2.24) is 0 Å². The molecule has 17 heavy (non-hydrogen) atoms. The number of aromatic hydroxyl groups is 1. The van der Waals surface area contributed by atoms with E-state index in [1.807, 2.05) is 0 Å². The fraction of sp³-hybridized carbons (Fsp3) is 0.600. The molecule has 1 aromatic rings. The molecule has 0 unspecified atom stereocenters. The van der Waals surface area contributed by atoms with Crippen molar-refractivity contribution in [1.29, 1.82) is 0 Å². The molecule has 0 heterocycles. The van der Waals surface area contributed by atoms with Gasteiger partial charge in [-0.15, -0.1) is 0 Å². The third kappa shape index (κ3) is 3.76. The van der Waals surface area contributed by atoms with E-state index >= 15 is 0 Å². The van der Waals surface area contributed by atoms with Crippen LogP contribution in [0.3, 0.4) is 0 Å². The van der Waals surface area contributed by atoms with Crippen molar-refractivity contribution in [2.75, 3.05) is 0 Å². The van der Waals surface area contributed by atoms with E-state index in [-0.39, 0.29) is 28.2 Å². The molecule has 1 N–H and O–H groups in total. The van der Waals surface area contributed by atoms with E-state index in [0.717, 1.165) is 11.1 Å². The van der Waals surface area contributed by atoms with Gasteiger partial charge in [-0.1, -0.05) is 59.2 Å². The van der Waals surface area contributed by atoms with Gasteiger partial charge >= 0.3 is 0 Å². The SMILES string of the molecule is Cc1cc(C(C)(C)C)c(O)c(C(C)(C)C)c1.[Al]. The third-order valence-corrected chi connectivity index (χ3v) is 2.87. The maximum absolute atomic E-state index is 10.4. The van der Waals surface area contributed by atoms with E-state index in [1.54, 1.807) is 0 Å². The van der Waals surface area contributed by atoms with Crippen LogP contribution >= 0.6 is 0 Å². The summed E-state index contributed by atoms with van der Waals surface area (Å²) in [5, 5.41) is 10.4. The summed E-state index contributed by atoms with van der Waals surface area (Å²) in [6, 6.07) is 4.18. The highest BCUT2D eigenvalue weighted by atomic mass is 27.0. The molecule has 0 spiro atoms. The second-order valence-corrected chi connectivity index (χ2v) is 6.71. The molecule has 3 radical (unpaired) electrons. The Hall–Kier alpha value is -0.448. The summed E-state index contributed by atoms with van der Waals surface area (Å²) >= 11 is 0. The molecule has 0 aliphatic rings. The van der Waals surface area contributed by atoms with Crippen molar-refractivity contribution >= 4 is 17.4 Å². The molecule has 1 nitrogen and oxygen atoms in total. The Kier molecular flexibility index (Phi) is 4.91. The Morgan fingerprint density at radius 3 is 1.35 bits per heavy atom. The monoisotopic (exact) mass is 247 g/mol. The van der Waals surface area contributed by atoms with Crippen molar-refractivity contribution in [3.63, 3.8) is 0 Å². The number of hydrogen-bond donors (Lipinski definition) is 1.